The molecule has 0 radical (unpaired) electrons. The number of nitrogens with two attached hydrogens (primary N) is 1. The van der Waals surface area contributed by atoms with E-state index >= 15 is 0 Å². The van der Waals surface area contributed by atoms with Crippen molar-refractivity contribution < 1.29 is 9.47 Å². The molecule has 1 unspecified atom stereocenters. The Hall–Kier alpha value is -1.52. The van der Waals surface area contributed by atoms with Gasteiger partial charge in [-0.15, -0.1) is 0 Å². The Morgan fingerprint density at radius 3 is 2.90 bits per heavy atom. The maximum Gasteiger partial charge on any atom is 0.137 e. The summed E-state index contributed by atoms with van der Waals surface area (Å²) in [6.07, 6.45) is 0. The van der Waals surface area contributed by atoms with E-state index in [1.807, 2.05) is 36.4 Å². The van der Waals surface area contributed by atoms with Crippen LogP contribution in [0.4, 0.5) is 0 Å². The molecular weight excluding hydrogens is 318 g/mol. The van der Waals surface area contributed by atoms with Crippen LogP contribution >= 0.6 is 15.9 Å². The van der Waals surface area contributed by atoms with Gasteiger partial charge in [0.2, 0.25) is 0 Å². The summed E-state index contributed by atoms with van der Waals surface area (Å²) in [4.78, 5) is 0. The van der Waals surface area contributed by atoms with Gasteiger partial charge in [0.1, 0.15) is 11.5 Å². The first-order valence-corrected chi connectivity index (χ1v) is 7.41. The molecule has 1 aliphatic heterocycles. The van der Waals surface area contributed by atoms with Gasteiger partial charge in [-0.25, -0.2) is 0 Å². The summed E-state index contributed by atoms with van der Waals surface area (Å²) >= 11 is 3.52. The van der Waals surface area contributed by atoms with Crippen LogP contribution in [0, 0.1) is 0 Å². The zero-order valence-electron chi connectivity index (χ0n) is 11.0. The molecule has 0 aromatic heterocycles. The first-order chi connectivity index (χ1) is 9.79. The Morgan fingerprint density at radius 2 is 2.05 bits per heavy atom. The van der Waals surface area contributed by atoms with E-state index in [2.05, 4.69) is 22.0 Å². The summed E-state index contributed by atoms with van der Waals surface area (Å²) in [6.45, 7) is 1.72. The second-order valence-electron chi connectivity index (χ2n) is 4.79. The van der Waals surface area contributed by atoms with Crippen molar-refractivity contribution in [3.05, 3.63) is 58.1 Å². The molecule has 3 rings (SSSR count). The molecule has 0 fully saturated rings. The normalized spacial score (nSPS) is 16.6. The van der Waals surface area contributed by atoms with E-state index in [0.29, 0.717) is 19.8 Å². The van der Waals surface area contributed by atoms with Gasteiger partial charge in [-0.3, -0.25) is 0 Å². The van der Waals surface area contributed by atoms with Gasteiger partial charge in [-0.1, -0.05) is 30.3 Å². The van der Waals surface area contributed by atoms with Crippen LogP contribution in [0.25, 0.3) is 0 Å². The number of fused-ring (bicyclic) bond motifs is 1. The zero-order chi connectivity index (χ0) is 13.9. The minimum atomic E-state index is 0.268. The van der Waals surface area contributed by atoms with Gasteiger partial charge in [0.05, 0.1) is 23.6 Å². The van der Waals surface area contributed by atoms with Crippen LogP contribution in [-0.2, 0) is 6.54 Å². The minimum Gasteiger partial charge on any atom is -0.493 e. The first kappa shape index (κ1) is 13.5. The lowest BCUT2D eigenvalue weighted by Gasteiger charge is -2.15. The van der Waals surface area contributed by atoms with E-state index < -0.39 is 0 Å². The van der Waals surface area contributed by atoms with Crippen LogP contribution in [0.3, 0.4) is 0 Å². The minimum absolute atomic E-state index is 0.268. The van der Waals surface area contributed by atoms with E-state index in [9.17, 15) is 0 Å². The summed E-state index contributed by atoms with van der Waals surface area (Å²) in [5.74, 6) is 2.07. The van der Waals surface area contributed by atoms with Gasteiger partial charge in [-0.2, -0.15) is 0 Å². The van der Waals surface area contributed by atoms with Crippen molar-refractivity contribution in [3.63, 3.8) is 0 Å². The molecule has 104 valence electrons. The molecule has 0 aliphatic carbocycles. The summed E-state index contributed by atoms with van der Waals surface area (Å²) in [7, 11) is 0. The molecule has 2 N–H and O–H groups in total. The average molecular weight is 334 g/mol. The van der Waals surface area contributed by atoms with E-state index in [4.69, 9.17) is 15.2 Å². The van der Waals surface area contributed by atoms with E-state index in [1.54, 1.807) is 0 Å². The molecule has 1 aliphatic rings. The SMILES string of the molecule is NCc1cccc(Br)c1OCC1COc2ccccc21. The monoisotopic (exact) mass is 333 g/mol. The van der Waals surface area contributed by atoms with Gasteiger partial charge >= 0.3 is 0 Å². The lowest BCUT2D eigenvalue weighted by atomic mass is 10.0. The molecule has 0 saturated carbocycles. The van der Waals surface area contributed by atoms with Gasteiger partial charge in [-0.05, 0) is 28.1 Å². The number of halogens is 1. The van der Waals surface area contributed by atoms with Crippen molar-refractivity contribution >= 4 is 15.9 Å². The number of hydrogen-bond acceptors (Lipinski definition) is 3. The van der Waals surface area contributed by atoms with Crippen molar-refractivity contribution in [3.8, 4) is 11.5 Å². The van der Waals surface area contributed by atoms with E-state index in [-0.39, 0.29) is 5.92 Å². The first-order valence-electron chi connectivity index (χ1n) is 6.61. The quantitative estimate of drug-likeness (QED) is 0.931. The zero-order valence-corrected chi connectivity index (χ0v) is 12.6. The maximum absolute atomic E-state index is 5.99. The van der Waals surface area contributed by atoms with Crippen LogP contribution in [0.2, 0.25) is 0 Å². The van der Waals surface area contributed by atoms with Gasteiger partial charge in [0, 0.05) is 17.7 Å². The molecule has 2 aromatic carbocycles. The molecule has 2 aromatic rings. The third kappa shape index (κ3) is 2.53. The van der Waals surface area contributed by atoms with E-state index in [1.165, 1.54) is 5.56 Å². The number of rotatable bonds is 4. The lowest BCUT2D eigenvalue weighted by molar-refractivity contribution is 0.246. The second kappa shape index (κ2) is 5.85. The van der Waals surface area contributed by atoms with Gasteiger partial charge in [0.15, 0.2) is 0 Å². The Bertz CT molecular complexity index is 615. The Balaban J connectivity index is 1.75. The standard InChI is InChI=1S/C16H16BrNO2/c17-14-6-3-4-11(8-18)16(14)20-10-12-9-19-15-7-2-1-5-13(12)15/h1-7,12H,8-10,18H2. The third-order valence-corrected chi connectivity index (χ3v) is 4.12. The number of para-hydroxylation sites is 2. The molecular formula is C16H16BrNO2. The van der Waals surface area contributed by atoms with Crippen LogP contribution in [-0.4, -0.2) is 13.2 Å². The highest BCUT2D eigenvalue weighted by Gasteiger charge is 2.24. The van der Waals surface area contributed by atoms with Crippen LogP contribution in [0.5, 0.6) is 11.5 Å². The summed E-state index contributed by atoms with van der Waals surface area (Å²) in [5, 5.41) is 0. The molecule has 4 heteroatoms. The van der Waals surface area contributed by atoms with Gasteiger partial charge in [0.25, 0.3) is 0 Å². The summed E-state index contributed by atoms with van der Waals surface area (Å²) in [6, 6.07) is 14.0. The predicted molar refractivity (Wildman–Crippen MR) is 82.2 cm³/mol. The van der Waals surface area contributed by atoms with Crippen LogP contribution in [0.1, 0.15) is 17.0 Å². The highest BCUT2D eigenvalue weighted by atomic mass is 79.9. The average Bonchev–Trinajstić information content (AvgIpc) is 2.89. The molecule has 1 atom stereocenters. The van der Waals surface area contributed by atoms with Crippen molar-refractivity contribution in [2.24, 2.45) is 5.73 Å². The van der Waals surface area contributed by atoms with Crippen molar-refractivity contribution in [1.29, 1.82) is 0 Å². The van der Waals surface area contributed by atoms with Crippen molar-refractivity contribution in [2.45, 2.75) is 12.5 Å². The molecule has 0 spiro atoms. The molecule has 0 amide bonds. The predicted octanol–water partition coefficient (Wildman–Crippen LogP) is 3.46. The largest absolute Gasteiger partial charge is 0.493 e. The van der Waals surface area contributed by atoms with Crippen LogP contribution < -0.4 is 15.2 Å². The highest BCUT2D eigenvalue weighted by molar-refractivity contribution is 9.10. The number of ether oxygens (including phenoxy) is 2. The Morgan fingerprint density at radius 1 is 1.20 bits per heavy atom. The molecule has 20 heavy (non-hydrogen) atoms. The topological polar surface area (TPSA) is 44.5 Å². The molecule has 1 heterocycles. The fourth-order valence-electron chi connectivity index (χ4n) is 2.43. The smallest absolute Gasteiger partial charge is 0.137 e. The van der Waals surface area contributed by atoms with Crippen molar-refractivity contribution in [2.75, 3.05) is 13.2 Å². The Kier molecular flexibility index (Phi) is 3.94. The highest BCUT2D eigenvalue weighted by Crippen LogP contribution is 2.35. The van der Waals surface area contributed by atoms with E-state index in [0.717, 1.165) is 21.5 Å². The third-order valence-electron chi connectivity index (χ3n) is 3.50. The number of hydrogen-bond donors (Lipinski definition) is 1. The lowest BCUT2D eigenvalue weighted by Crippen LogP contribution is -2.13. The van der Waals surface area contributed by atoms with Crippen LogP contribution in [0.15, 0.2) is 46.9 Å². The maximum atomic E-state index is 5.99. The second-order valence-corrected chi connectivity index (χ2v) is 5.64. The molecule has 0 saturated heterocycles. The molecule has 3 nitrogen and oxygen atoms in total. The number of benzene rings is 2. The molecule has 0 bridgehead atoms. The fourth-order valence-corrected chi connectivity index (χ4v) is 2.95. The Labute approximate surface area is 126 Å². The van der Waals surface area contributed by atoms with Gasteiger partial charge < -0.3 is 15.2 Å². The summed E-state index contributed by atoms with van der Waals surface area (Å²) < 4.78 is 12.6. The van der Waals surface area contributed by atoms with Crippen molar-refractivity contribution in [1.82, 2.24) is 0 Å². The summed E-state index contributed by atoms with van der Waals surface area (Å²) in [5.41, 5.74) is 7.98. The fraction of sp³-hybridized carbons (Fsp3) is 0.250.